The first-order valence-electron chi connectivity index (χ1n) is 5.22. The molecular formula is C12H13N5O. The van der Waals surface area contributed by atoms with Gasteiger partial charge in [-0.25, -0.2) is 4.99 Å². The molecule has 0 unspecified atom stereocenters. The number of nitrogens with zero attached hydrogens (tertiary/aromatic N) is 2. The van der Waals surface area contributed by atoms with Crippen molar-refractivity contribution in [1.29, 1.82) is 0 Å². The molecule has 0 saturated carbocycles. The molecule has 0 aliphatic rings. The molecule has 0 aliphatic heterocycles. The molecule has 6 heteroatoms. The molecule has 0 heterocycles. The third kappa shape index (κ3) is 2.49. The van der Waals surface area contributed by atoms with Crippen molar-refractivity contribution in [3.63, 3.8) is 0 Å². The number of rotatable bonds is 1. The molecule has 18 heavy (non-hydrogen) atoms. The van der Waals surface area contributed by atoms with Gasteiger partial charge in [-0.05, 0) is 29.7 Å². The Bertz CT molecular complexity index is 644. The molecule has 92 valence electrons. The summed E-state index contributed by atoms with van der Waals surface area (Å²) >= 11 is 0. The minimum Gasteiger partial charge on any atom is -0.508 e. The molecule has 0 aromatic heterocycles. The van der Waals surface area contributed by atoms with Crippen LogP contribution in [0.3, 0.4) is 0 Å². The van der Waals surface area contributed by atoms with Crippen molar-refractivity contribution in [1.82, 2.24) is 0 Å². The highest BCUT2D eigenvalue weighted by Gasteiger charge is 2.01. The summed E-state index contributed by atoms with van der Waals surface area (Å²) in [5, 5.41) is 11.1. The van der Waals surface area contributed by atoms with Gasteiger partial charge in [-0.2, -0.15) is 4.99 Å². The van der Waals surface area contributed by atoms with Crippen LogP contribution in [0.2, 0.25) is 0 Å². The summed E-state index contributed by atoms with van der Waals surface area (Å²) in [5.74, 6) is 0.0329. The minimum absolute atomic E-state index is 0.0180. The predicted octanol–water partition coefficient (Wildman–Crippen LogP) is 0.765. The van der Waals surface area contributed by atoms with E-state index in [1.54, 1.807) is 24.3 Å². The first kappa shape index (κ1) is 11.7. The maximum absolute atomic E-state index is 9.41. The van der Waals surface area contributed by atoms with E-state index in [0.717, 1.165) is 10.8 Å². The molecule has 0 saturated heterocycles. The highest BCUT2D eigenvalue weighted by Crippen LogP contribution is 2.28. The largest absolute Gasteiger partial charge is 0.508 e. The predicted molar refractivity (Wildman–Crippen MR) is 72.7 cm³/mol. The second-order valence-electron chi connectivity index (χ2n) is 3.69. The van der Waals surface area contributed by atoms with Crippen LogP contribution in [0.1, 0.15) is 0 Å². The topological polar surface area (TPSA) is 123 Å². The zero-order valence-electron chi connectivity index (χ0n) is 9.54. The van der Waals surface area contributed by atoms with Crippen molar-refractivity contribution in [2.45, 2.75) is 0 Å². The van der Waals surface area contributed by atoms with Gasteiger partial charge in [0.15, 0.2) is 5.96 Å². The molecule has 2 aromatic carbocycles. The number of aliphatic imine (C=N–C) groups is 2. The second-order valence-corrected chi connectivity index (χ2v) is 3.69. The van der Waals surface area contributed by atoms with E-state index in [4.69, 9.17) is 17.2 Å². The highest BCUT2D eigenvalue weighted by atomic mass is 16.3. The summed E-state index contributed by atoms with van der Waals surface area (Å²) < 4.78 is 0. The van der Waals surface area contributed by atoms with Gasteiger partial charge in [-0.15, -0.1) is 0 Å². The Labute approximate surface area is 103 Å². The Balaban J connectivity index is 2.55. The number of fused-ring (bicyclic) bond motifs is 1. The summed E-state index contributed by atoms with van der Waals surface area (Å²) in [4.78, 5) is 7.77. The van der Waals surface area contributed by atoms with Crippen LogP contribution in [0, 0.1) is 0 Å². The van der Waals surface area contributed by atoms with Crippen LogP contribution in [0.25, 0.3) is 10.8 Å². The number of aromatic hydroxyl groups is 1. The summed E-state index contributed by atoms with van der Waals surface area (Å²) in [6, 6.07) is 10.4. The van der Waals surface area contributed by atoms with Crippen molar-refractivity contribution in [2.75, 3.05) is 0 Å². The van der Waals surface area contributed by atoms with Crippen molar-refractivity contribution >= 4 is 28.4 Å². The van der Waals surface area contributed by atoms with E-state index in [0.29, 0.717) is 5.69 Å². The van der Waals surface area contributed by atoms with Crippen LogP contribution < -0.4 is 17.2 Å². The number of phenols is 1. The molecule has 6 nitrogen and oxygen atoms in total. The maximum Gasteiger partial charge on any atom is 0.223 e. The number of hydrogen-bond acceptors (Lipinski definition) is 2. The van der Waals surface area contributed by atoms with E-state index in [1.807, 2.05) is 12.1 Å². The van der Waals surface area contributed by atoms with E-state index in [-0.39, 0.29) is 17.7 Å². The van der Waals surface area contributed by atoms with Gasteiger partial charge < -0.3 is 22.3 Å². The molecule has 0 aliphatic carbocycles. The van der Waals surface area contributed by atoms with E-state index in [9.17, 15) is 5.11 Å². The van der Waals surface area contributed by atoms with Gasteiger partial charge in [-0.1, -0.05) is 12.1 Å². The Morgan fingerprint density at radius 1 is 1.06 bits per heavy atom. The van der Waals surface area contributed by atoms with E-state index < -0.39 is 0 Å². The van der Waals surface area contributed by atoms with Crippen molar-refractivity contribution in [3.05, 3.63) is 36.4 Å². The van der Waals surface area contributed by atoms with Gasteiger partial charge in [0.05, 0.1) is 5.69 Å². The lowest BCUT2D eigenvalue weighted by Crippen LogP contribution is -2.26. The summed E-state index contributed by atoms with van der Waals surface area (Å²) in [6.45, 7) is 0. The number of nitrogens with two attached hydrogens (primary N) is 3. The molecule has 0 spiro atoms. The smallest absolute Gasteiger partial charge is 0.223 e. The number of benzene rings is 2. The quantitative estimate of drug-likeness (QED) is 0.436. The number of hydrogen-bond donors (Lipinski definition) is 4. The molecule has 2 aromatic rings. The van der Waals surface area contributed by atoms with Crippen molar-refractivity contribution in [3.8, 4) is 5.75 Å². The average Bonchev–Trinajstić information content (AvgIpc) is 2.27. The van der Waals surface area contributed by atoms with Crippen molar-refractivity contribution < 1.29 is 5.11 Å². The molecule has 0 fully saturated rings. The summed E-state index contributed by atoms with van der Waals surface area (Å²) in [7, 11) is 0. The summed E-state index contributed by atoms with van der Waals surface area (Å²) in [5.41, 5.74) is 16.6. The zero-order chi connectivity index (χ0) is 13.1. The lowest BCUT2D eigenvalue weighted by Gasteiger charge is -2.03. The monoisotopic (exact) mass is 243 g/mol. The molecule has 7 N–H and O–H groups in total. The second kappa shape index (κ2) is 4.62. The van der Waals surface area contributed by atoms with Crippen molar-refractivity contribution in [2.24, 2.45) is 27.2 Å². The first-order chi connectivity index (χ1) is 8.56. The lowest BCUT2D eigenvalue weighted by molar-refractivity contribution is 0.476. The average molecular weight is 243 g/mol. The van der Waals surface area contributed by atoms with E-state index in [2.05, 4.69) is 9.98 Å². The first-order valence-corrected chi connectivity index (χ1v) is 5.22. The van der Waals surface area contributed by atoms with Gasteiger partial charge in [0.1, 0.15) is 5.75 Å². The Kier molecular flexibility index (Phi) is 3.01. The third-order valence-electron chi connectivity index (χ3n) is 2.32. The molecule has 0 radical (unpaired) electrons. The zero-order valence-corrected chi connectivity index (χ0v) is 9.54. The minimum atomic E-state index is -0.144. The number of guanidine groups is 2. The maximum atomic E-state index is 9.41. The Morgan fingerprint density at radius 3 is 2.56 bits per heavy atom. The van der Waals surface area contributed by atoms with Crippen LogP contribution >= 0.6 is 0 Å². The van der Waals surface area contributed by atoms with Gasteiger partial charge in [0.25, 0.3) is 0 Å². The molecule has 0 bridgehead atoms. The molecule has 2 rings (SSSR count). The van der Waals surface area contributed by atoms with Crippen LogP contribution in [0.5, 0.6) is 5.75 Å². The summed E-state index contributed by atoms with van der Waals surface area (Å²) in [6.07, 6.45) is 0. The van der Waals surface area contributed by atoms with E-state index in [1.165, 1.54) is 0 Å². The number of phenolic OH excluding ortho intramolecular Hbond substituents is 1. The normalized spacial score (nSPS) is 11.4. The van der Waals surface area contributed by atoms with Gasteiger partial charge >= 0.3 is 0 Å². The van der Waals surface area contributed by atoms with Gasteiger partial charge in [0, 0.05) is 5.39 Å². The third-order valence-corrected chi connectivity index (χ3v) is 2.32. The molecule has 0 amide bonds. The lowest BCUT2D eigenvalue weighted by atomic mass is 10.1. The van der Waals surface area contributed by atoms with Gasteiger partial charge in [0.2, 0.25) is 5.96 Å². The molecular weight excluding hydrogens is 230 g/mol. The van der Waals surface area contributed by atoms with Crippen LogP contribution in [-0.4, -0.2) is 17.0 Å². The highest BCUT2D eigenvalue weighted by molar-refractivity contribution is 5.98. The fourth-order valence-corrected chi connectivity index (χ4v) is 1.63. The fourth-order valence-electron chi connectivity index (χ4n) is 1.63. The van der Waals surface area contributed by atoms with Gasteiger partial charge in [-0.3, -0.25) is 0 Å². The van der Waals surface area contributed by atoms with Crippen LogP contribution in [-0.2, 0) is 0 Å². The fraction of sp³-hybridized carbons (Fsp3) is 0. The molecule has 0 atom stereocenters. The standard InChI is InChI=1S/C12H13N5O/c13-11(14)17-12(15)16-10-3-1-2-7-6-8(18)4-5-9(7)10/h1-6,18H,(H6,13,14,15,16,17). The Hall–Kier alpha value is -2.76. The van der Waals surface area contributed by atoms with E-state index >= 15 is 0 Å². The Morgan fingerprint density at radius 2 is 1.83 bits per heavy atom. The SMILES string of the molecule is NC(N)=NC(N)=Nc1cccc2cc(O)ccc12. The van der Waals surface area contributed by atoms with Crippen LogP contribution in [0.15, 0.2) is 46.4 Å². The van der Waals surface area contributed by atoms with Crippen LogP contribution in [0.4, 0.5) is 5.69 Å².